The molecule has 21 heavy (non-hydrogen) atoms. The molecule has 0 aliphatic carbocycles. The molecule has 6 heteroatoms. The van der Waals surface area contributed by atoms with Crippen LogP contribution in [0.4, 0.5) is 0 Å². The number of amides is 1. The molecule has 1 unspecified atom stereocenters. The van der Waals surface area contributed by atoms with Gasteiger partial charge in [-0.3, -0.25) is 9.69 Å². The number of ether oxygens (including phenoxy) is 1. The van der Waals surface area contributed by atoms with Crippen LogP contribution in [0.3, 0.4) is 0 Å². The largest absolute Gasteiger partial charge is 0.381 e. The van der Waals surface area contributed by atoms with Gasteiger partial charge in [0.15, 0.2) is 0 Å². The summed E-state index contributed by atoms with van der Waals surface area (Å²) in [4.78, 5) is 21.4. The molecule has 1 aromatic rings. The van der Waals surface area contributed by atoms with Crippen LogP contribution in [0, 0.1) is 17.8 Å². The van der Waals surface area contributed by atoms with Gasteiger partial charge in [-0.15, -0.1) is 11.3 Å². The third-order valence-corrected chi connectivity index (χ3v) is 5.76. The molecule has 4 heterocycles. The molecule has 3 atom stereocenters. The number of thiazole rings is 1. The van der Waals surface area contributed by atoms with E-state index >= 15 is 0 Å². The van der Waals surface area contributed by atoms with Gasteiger partial charge in [0.25, 0.3) is 0 Å². The summed E-state index contributed by atoms with van der Waals surface area (Å²) in [7, 11) is 0. The first-order valence-electron chi connectivity index (χ1n) is 7.77. The van der Waals surface area contributed by atoms with Crippen molar-refractivity contribution in [1.29, 1.82) is 0 Å². The molecule has 3 saturated heterocycles. The first-order valence-corrected chi connectivity index (χ1v) is 8.65. The zero-order valence-corrected chi connectivity index (χ0v) is 12.9. The highest BCUT2D eigenvalue weighted by Crippen LogP contribution is 2.33. The van der Waals surface area contributed by atoms with Gasteiger partial charge < -0.3 is 9.64 Å². The van der Waals surface area contributed by atoms with Crippen LogP contribution in [0.1, 0.15) is 11.4 Å². The van der Waals surface area contributed by atoms with Gasteiger partial charge >= 0.3 is 0 Å². The van der Waals surface area contributed by atoms with Crippen molar-refractivity contribution in [2.24, 2.45) is 17.8 Å². The molecule has 1 amide bonds. The summed E-state index contributed by atoms with van der Waals surface area (Å²) in [5.74, 6) is 1.75. The lowest BCUT2D eigenvalue weighted by atomic mass is 10.0. The zero-order valence-electron chi connectivity index (χ0n) is 12.1. The van der Waals surface area contributed by atoms with Crippen molar-refractivity contribution >= 4 is 17.2 Å². The van der Waals surface area contributed by atoms with Crippen LogP contribution >= 0.6 is 11.3 Å². The van der Waals surface area contributed by atoms with Gasteiger partial charge in [-0.25, -0.2) is 4.98 Å². The van der Waals surface area contributed by atoms with Crippen LogP contribution in [0.25, 0.3) is 0 Å². The van der Waals surface area contributed by atoms with Gasteiger partial charge in [0.2, 0.25) is 5.91 Å². The van der Waals surface area contributed by atoms with Gasteiger partial charge in [-0.05, 0) is 18.3 Å². The summed E-state index contributed by atoms with van der Waals surface area (Å²) in [5.41, 5.74) is 0. The predicted molar refractivity (Wildman–Crippen MR) is 79.9 cm³/mol. The normalized spacial score (nSPS) is 32.8. The smallest absolute Gasteiger partial charge is 0.228 e. The Kier molecular flexibility index (Phi) is 3.69. The Balaban J connectivity index is 1.32. The molecule has 0 spiro atoms. The summed E-state index contributed by atoms with van der Waals surface area (Å²) < 4.78 is 5.35. The lowest BCUT2D eigenvalue weighted by Crippen LogP contribution is -2.37. The Morgan fingerprint density at radius 1 is 1.33 bits per heavy atom. The van der Waals surface area contributed by atoms with Gasteiger partial charge in [0.05, 0.1) is 19.1 Å². The summed E-state index contributed by atoms with van der Waals surface area (Å²) in [6, 6.07) is 0. The monoisotopic (exact) mass is 307 g/mol. The molecule has 1 aromatic heterocycles. The maximum Gasteiger partial charge on any atom is 0.228 e. The molecule has 3 aliphatic rings. The van der Waals surface area contributed by atoms with Crippen molar-refractivity contribution < 1.29 is 9.53 Å². The fourth-order valence-corrected chi connectivity index (χ4v) is 4.57. The van der Waals surface area contributed by atoms with E-state index < -0.39 is 0 Å². The zero-order chi connectivity index (χ0) is 14.2. The lowest BCUT2D eigenvalue weighted by molar-refractivity contribution is -0.134. The maximum atomic E-state index is 12.4. The third-order valence-electron chi connectivity index (χ3n) is 4.99. The van der Waals surface area contributed by atoms with Crippen molar-refractivity contribution in [1.82, 2.24) is 14.8 Å². The number of rotatable bonds is 3. The van der Waals surface area contributed by atoms with E-state index in [9.17, 15) is 4.79 Å². The van der Waals surface area contributed by atoms with E-state index in [1.807, 2.05) is 11.6 Å². The molecule has 5 nitrogen and oxygen atoms in total. The van der Waals surface area contributed by atoms with Gasteiger partial charge in [0.1, 0.15) is 5.01 Å². The predicted octanol–water partition coefficient (Wildman–Crippen LogP) is 1.07. The van der Waals surface area contributed by atoms with Gasteiger partial charge in [-0.1, -0.05) is 0 Å². The average Bonchev–Trinajstić information content (AvgIpc) is 3.23. The minimum atomic E-state index is 0.121. The van der Waals surface area contributed by atoms with E-state index in [0.717, 1.165) is 45.8 Å². The Hall–Kier alpha value is -0.980. The molecular formula is C15H21N3O2S. The van der Waals surface area contributed by atoms with Crippen LogP contribution in [0.2, 0.25) is 0 Å². The average molecular weight is 307 g/mol. The first kappa shape index (κ1) is 13.7. The Bertz CT molecular complexity index is 487. The highest BCUT2D eigenvalue weighted by molar-refractivity contribution is 7.09. The molecule has 0 bridgehead atoms. The van der Waals surface area contributed by atoms with Crippen LogP contribution in [0.5, 0.6) is 0 Å². The number of carbonyl (C=O) groups excluding carboxylic acids is 1. The van der Waals surface area contributed by atoms with Crippen LogP contribution in [-0.4, -0.2) is 60.1 Å². The molecule has 3 aliphatic heterocycles. The Morgan fingerprint density at radius 2 is 2.14 bits per heavy atom. The molecule has 0 radical (unpaired) electrons. The van der Waals surface area contributed by atoms with Crippen molar-refractivity contribution in [2.45, 2.75) is 13.0 Å². The highest BCUT2D eigenvalue weighted by Gasteiger charge is 2.43. The van der Waals surface area contributed by atoms with E-state index in [0.29, 0.717) is 24.3 Å². The topological polar surface area (TPSA) is 45.7 Å². The van der Waals surface area contributed by atoms with Crippen LogP contribution < -0.4 is 0 Å². The van der Waals surface area contributed by atoms with Crippen molar-refractivity contribution in [2.75, 3.05) is 39.4 Å². The Labute approximate surface area is 128 Å². The fraction of sp³-hybridized carbons (Fsp3) is 0.733. The van der Waals surface area contributed by atoms with E-state index in [1.54, 1.807) is 11.3 Å². The minimum Gasteiger partial charge on any atom is -0.381 e. The molecule has 0 aromatic carbocycles. The standard InChI is InChI=1S/C15H21N3O2S/c19-15(11-1-3-20-10-11)18-7-12-5-17(6-13(12)8-18)9-14-16-2-4-21-14/h2,4,11-13H,1,3,5-10H2/t11?,12-,13+. The first-order chi connectivity index (χ1) is 10.3. The SMILES string of the molecule is O=C(C1CCOC1)N1C[C@H]2CN(Cc3nccs3)C[C@H]2C1. The van der Waals surface area contributed by atoms with Crippen molar-refractivity contribution in [3.05, 3.63) is 16.6 Å². The molecular weight excluding hydrogens is 286 g/mol. The third kappa shape index (κ3) is 2.72. The number of carbonyl (C=O) groups is 1. The number of aromatic nitrogens is 1. The minimum absolute atomic E-state index is 0.121. The van der Waals surface area contributed by atoms with Crippen LogP contribution in [-0.2, 0) is 16.1 Å². The molecule has 114 valence electrons. The summed E-state index contributed by atoms with van der Waals surface area (Å²) in [5, 5.41) is 3.24. The molecule has 0 N–H and O–H groups in total. The van der Waals surface area contributed by atoms with Crippen molar-refractivity contribution in [3.8, 4) is 0 Å². The number of hydrogen-bond acceptors (Lipinski definition) is 5. The molecule has 4 rings (SSSR count). The van der Waals surface area contributed by atoms with Crippen molar-refractivity contribution in [3.63, 3.8) is 0 Å². The molecule has 3 fully saturated rings. The quantitative estimate of drug-likeness (QED) is 0.838. The molecule has 0 saturated carbocycles. The number of likely N-dealkylation sites (tertiary alicyclic amines) is 2. The van der Waals surface area contributed by atoms with E-state index in [4.69, 9.17) is 4.74 Å². The van der Waals surface area contributed by atoms with E-state index in [-0.39, 0.29) is 5.92 Å². The second kappa shape index (κ2) is 5.66. The summed E-state index contributed by atoms with van der Waals surface area (Å²) in [6.07, 6.45) is 2.78. The second-order valence-electron chi connectivity index (χ2n) is 6.44. The second-order valence-corrected chi connectivity index (χ2v) is 7.42. The lowest BCUT2D eigenvalue weighted by Gasteiger charge is -2.23. The summed E-state index contributed by atoms with van der Waals surface area (Å²) >= 11 is 1.73. The fourth-order valence-electron chi connectivity index (χ4n) is 3.91. The Morgan fingerprint density at radius 3 is 2.76 bits per heavy atom. The van der Waals surface area contributed by atoms with Gasteiger partial charge in [0, 0.05) is 44.4 Å². The maximum absolute atomic E-state index is 12.4. The van der Waals surface area contributed by atoms with E-state index in [2.05, 4.69) is 14.8 Å². The number of hydrogen-bond donors (Lipinski definition) is 0. The number of nitrogens with zero attached hydrogens (tertiary/aromatic N) is 3. The highest BCUT2D eigenvalue weighted by atomic mass is 32.1. The van der Waals surface area contributed by atoms with Gasteiger partial charge in [-0.2, -0.15) is 0 Å². The summed E-state index contributed by atoms with van der Waals surface area (Å²) in [6.45, 7) is 6.43. The number of fused-ring (bicyclic) bond motifs is 1. The van der Waals surface area contributed by atoms with E-state index in [1.165, 1.54) is 5.01 Å². The van der Waals surface area contributed by atoms with Crippen LogP contribution in [0.15, 0.2) is 11.6 Å².